The molecule has 0 aliphatic heterocycles. The van der Waals surface area contributed by atoms with Crippen molar-refractivity contribution in [1.29, 1.82) is 0 Å². The molecule has 0 radical (unpaired) electrons. The maximum absolute atomic E-state index is 9.50. The van der Waals surface area contributed by atoms with Crippen LogP contribution >= 0.6 is 0 Å². The van der Waals surface area contributed by atoms with Crippen LogP contribution in [0.4, 0.5) is 0 Å². The molecule has 0 aromatic rings. The van der Waals surface area contributed by atoms with E-state index in [1.807, 2.05) is 0 Å². The minimum Gasteiger partial charge on any atom is -0.468 e. The highest BCUT2D eigenvalue weighted by Gasteiger charge is 1.92. The first-order valence-corrected chi connectivity index (χ1v) is 2.60. The molecule has 0 N–H and O–H groups in total. The van der Waals surface area contributed by atoms with Gasteiger partial charge >= 0.3 is 0 Å². The second-order valence-electron chi connectivity index (χ2n) is 1.38. The Morgan fingerprint density at radius 2 is 2.20 bits per heavy atom. The molecule has 0 heterocycles. The lowest BCUT2D eigenvalue weighted by Crippen LogP contribution is -2.04. The van der Waals surface area contributed by atoms with Gasteiger partial charge in [-0.1, -0.05) is 0 Å². The van der Waals surface area contributed by atoms with Gasteiger partial charge in [-0.15, -0.1) is 10.1 Å². The molecule has 0 aromatic carbocycles. The van der Waals surface area contributed by atoms with Gasteiger partial charge in [-0.2, -0.15) is 0 Å². The molecule has 0 amide bonds. The molecular formula is C4H7NO5. The number of hydrogen-bond donors (Lipinski definition) is 0. The lowest BCUT2D eigenvalue weighted by molar-refractivity contribution is -0.757. The largest absolute Gasteiger partial charge is 0.468 e. The van der Waals surface area contributed by atoms with Crippen LogP contribution in [0.2, 0.25) is 0 Å². The van der Waals surface area contributed by atoms with E-state index in [1.54, 1.807) is 0 Å². The molecule has 0 bridgehead atoms. The van der Waals surface area contributed by atoms with Crippen LogP contribution in [-0.2, 0) is 14.4 Å². The molecule has 0 saturated carbocycles. The molecule has 0 aliphatic rings. The fraction of sp³-hybridized carbons (Fsp3) is 0.750. The lowest BCUT2D eigenvalue weighted by Gasteiger charge is -1.96. The maximum atomic E-state index is 9.50. The van der Waals surface area contributed by atoms with Crippen molar-refractivity contribution in [3.8, 4) is 0 Å². The van der Waals surface area contributed by atoms with Crippen LogP contribution in [0.25, 0.3) is 0 Å². The first-order valence-electron chi connectivity index (χ1n) is 2.60. The van der Waals surface area contributed by atoms with Gasteiger partial charge in [-0.3, -0.25) is 4.79 Å². The van der Waals surface area contributed by atoms with Gasteiger partial charge in [0.05, 0.1) is 13.2 Å². The third-order valence-corrected chi connectivity index (χ3v) is 0.671. The third kappa shape index (κ3) is 6.67. The van der Waals surface area contributed by atoms with Crippen LogP contribution in [0.5, 0.6) is 0 Å². The first kappa shape index (κ1) is 8.67. The van der Waals surface area contributed by atoms with Crippen LogP contribution in [0.1, 0.15) is 6.42 Å². The van der Waals surface area contributed by atoms with E-state index in [0.717, 1.165) is 0 Å². The summed E-state index contributed by atoms with van der Waals surface area (Å²) < 4.78 is 4.23. The van der Waals surface area contributed by atoms with Crippen LogP contribution in [0, 0.1) is 10.1 Å². The van der Waals surface area contributed by atoms with Crippen molar-refractivity contribution in [3.05, 3.63) is 10.1 Å². The van der Waals surface area contributed by atoms with E-state index in [1.165, 1.54) is 0 Å². The fourth-order valence-electron chi connectivity index (χ4n) is 0.329. The van der Waals surface area contributed by atoms with E-state index in [9.17, 15) is 14.9 Å². The smallest absolute Gasteiger partial charge is 0.294 e. The second kappa shape index (κ2) is 5.80. The molecule has 0 aliphatic carbocycles. The van der Waals surface area contributed by atoms with E-state index in [0.29, 0.717) is 6.42 Å². The van der Waals surface area contributed by atoms with E-state index in [-0.39, 0.29) is 19.7 Å². The van der Waals surface area contributed by atoms with Crippen molar-refractivity contribution in [1.82, 2.24) is 0 Å². The molecule has 0 rings (SSSR count). The first-order chi connectivity index (χ1) is 4.77. The van der Waals surface area contributed by atoms with Crippen LogP contribution in [0.3, 0.4) is 0 Å². The summed E-state index contributed by atoms with van der Waals surface area (Å²) in [4.78, 5) is 22.9. The van der Waals surface area contributed by atoms with Gasteiger partial charge in [-0.25, -0.2) is 0 Å². The molecule has 0 spiro atoms. The molecule has 58 valence electrons. The van der Waals surface area contributed by atoms with Crippen molar-refractivity contribution in [2.75, 3.05) is 13.2 Å². The predicted molar refractivity (Wildman–Crippen MR) is 29.6 cm³/mol. The van der Waals surface area contributed by atoms with Crippen LogP contribution in [0.15, 0.2) is 0 Å². The van der Waals surface area contributed by atoms with Crippen LogP contribution in [-0.4, -0.2) is 24.8 Å². The number of hydrogen-bond acceptors (Lipinski definition) is 5. The summed E-state index contributed by atoms with van der Waals surface area (Å²) in [5, 5.41) is 8.62. The summed E-state index contributed by atoms with van der Waals surface area (Å²) in [5.74, 6) is 0. The Kier molecular flexibility index (Phi) is 5.03. The Balaban J connectivity index is 2.90. The summed E-state index contributed by atoms with van der Waals surface area (Å²) in [6, 6.07) is 0. The van der Waals surface area contributed by atoms with Gasteiger partial charge in [0, 0.05) is 6.42 Å². The number of rotatable bonds is 6. The van der Waals surface area contributed by atoms with E-state index < -0.39 is 5.09 Å². The van der Waals surface area contributed by atoms with Crippen molar-refractivity contribution in [2.24, 2.45) is 0 Å². The molecule has 0 aromatic heterocycles. The Labute approximate surface area is 56.8 Å². The van der Waals surface area contributed by atoms with Gasteiger partial charge in [0.25, 0.3) is 11.6 Å². The van der Waals surface area contributed by atoms with Crippen molar-refractivity contribution in [3.63, 3.8) is 0 Å². The molecule has 0 saturated heterocycles. The molecule has 0 atom stereocenters. The molecule has 6 heteroatoms. The van der Waals surface area contributed by atoms with Crippen LogP contribution < -0.4 is 0 Å². The molecular weight excluding hydrogens is 142 g/mol. The summed E-state index contributed by atoms with van der Waals surface area (Å²) in [7, 11) is 0. The quantitative estimate of drug-likeness (QED) is 0.225. The standard InChI is InChI=1S/C4H7NO5/c6-4-9-2-1-3-10-5(7)8/h4H,1-3H2. The average molecular weight is 149 g/mol. The zero-order valence-electron chi connectivity index (χ0n) is 5.19. The highest BCUT2D eigenvalue weighted by Crippen LogP contribution is 1.82. The number of nitrogens with zero attached hydrogens (tertiary/aromatic N) is 1. The molecule has 0 unspecified atom stereocenters. The Hall–Kier alpha value is -1.33. The summed E-state index contributed by atoms with van der Waals surface area (Å²) >= 11 is 0. The van der Waals surface area contributed by atoms with Gasteiger partial charge in [0.2, 0.25) is 0 Å². The highest BCUT2D eigenvalue weighted by molar-refractivity contribution is 5.36. The third-order valence-electron chi connectivity index (χ3n) is 0.671. The van der Waals surface area contributed by atoms with E-state index >= 15 is 0 Å². The summed E-state index contributed by atoms with van der Waals surface area (Å²) in [6.45, 7) is 0.393. The summed E-state index contributed by atoms with van der Waals surface area (Å²) in [5.41, 5.74) is 0. The topological polar surface area (TPSA) is 78.7 Å². The van der Waals surface area contributed by atoms with Gasteiger partial charge in [-0.05, 0) is 0 Å². The zero-order valence-corrected chi connectivity index (χ0v) is 5.19. The zero-order chi connectivity index (χ0) is 7.82. The minimum absolute atomic E-state index is 0.0408. The predicted octanol–water partition coefficient (Wildman–Crippen LogP) is -0.242. The average Bonchev–Trinajstić information content (AvgIpc) is 1.87. The lowest BCUT2D eigenvalue weighted by atomic mass is 10.5. The van der Waals surface area contributed by atoms with E-state index in [2.05, 4.69) is 9.57 Å². The number of carbonyl (C=O) groups is 1. The SMILES string of the molecule is O=COCCCO[N+](=O)[O-]. The number of ether oxygens (including phenoxy) is 1. The number of carbonyl (C=O) groups excluding carboxylic acids is 1. The normalized spacial score (nSPS) is 8.40. The van der Waals surface area contributed by atoms with Gasteiger partial charge in [0.1, 0.15) is 0 Å². The van der Waals surface area contributed by atoms with Crippen molar-refractivity contribution in [2.45, 2.75) is 6.42 Å². The minimum atomic E-state index is -0.888. The maximum Gasteiger partial charge on any atom is 0.294 e. The molecule has 6 nitrogen and oxygen atoms in total. The molecule has 0 fully saturated rings. The molecule has 10 heavy (non-hydrogen) atoms. The Morgan fingerprint density at radius 3 is 2.70 bits per heavy atom. The Morgan fingerprint density at radius 1 is 1.50 bits per heavy atom. The fourth-order valence-corrected chi connectivity index (χ4v) is 0.329. The van der Waals surface area contributed by atoms with Crippen molar-refractivity contribution < 1.29 is 19.5 Å². The van der Waals surface area contributed by atoms with E-state index in [4.69, 9.17) is 0 Å². The Bertz CT molecular complexity index is 114. The van der Waals surface area contributed by atoms with Gasteiger partial charge < -0.3 is 9.57 Å². The monoisotopic (exact) mass is 149 g/mol. The highest BCUT2D eigenvalue weighted by atomic mass is 16.9. The second-order valence-corrected chi connectivity index (χ2v) is 1.38. The van der Waals surface area contributed by atoms with Gasteiger partial charge in [0.15, 0.2) is 0 Å². The summed E-state index contributed by atoms with van der Waals surface area (Å²) in [6.07, 6.45) is 0.333. The van der Waals surface area contributed by atoms with Crippen molar-refractivity contribution >= 4 is 6.47 Å².